The zero-order chi connectivity index (χ0) is 17.6. The van der Waals surface area contributed by atoms with Gasteiger partial charge in [0.15, 0.2) is 0 Å². The fourth-order valence-electron chi connectivity index (χ4n) is 2.41. The SMILES string of the molecule is CC(C)(C)OC(=O)N1CCN(CCNC(=O)c2ccncc2)CC1. The van der Waals surface area contributed by atoms with Gasteiger partial charge in [-0.15, -0.1) is 0 Å². The van der Waals surface area contributed by atoms with E-state index < -0.39 is 5.60 Å². The Bertz CT molecular complexity index is 549. The van der Waals surface area contributed by atoms with Crippen LogP contribution in [0.15, 0.2) is 24.5 Å². The lowest BCUT2D eigenvalue weighted by Crippen LogP contribution is -2.51. The number of carbonyl (C=O) groups excluding carboxylic acids is 2. The molecule has 1 N–H and O–H groups in total. The van der Waals surface area contributed by atoms with E-state index in [1.165, 1.54) is 0 Å². The first-order chi connectivity index (χ1) is 11.3. The zero-order valence-electron chi connectivity index (χ0n) is 14.6. The highest BCUT2D eigenvalue weighted by atomic mass is 16.6. The average Bonchev–Trinajstić information content (AvgIpc) is 2.54. The third-order valence-corrected chi connectivity index (χ3v) is 3.68. The molecule has 132 valence electrons. The summed E-state index contributed by atoms with van der Waals surface area (Å²) in [7, 11) is 0. The first kappa shape index (κ1) is 18.2. The first-order valence-electron chi connectivity index (χ1n) is 8.24. The molecule has 2 rings (SSSR count). The van der Waals surface area contributed by atoms with Crippen LogP contribution in [-0.2, 0) is 4.74 Å². The number of piperazine rings is 1. The third kappa shape index (κ3) is 5.81. The molecule has 0 bridgehead atoms. The second-order valence-electron chi connectivity index (χ2n) is 6.80. The van der Waals surface area contributed by atoms with Gasteiger partial charge in [-0.2, -0.15) is 0 Å². The summed E-state index contributed by atoms with van der Waals surface area (Å²) in [5.74, 6) is -0.0928. The molecule has 7 heteroatoms. The van der Waals surface area contributed by atoms with Crippen molar-refractivity contribution in [2.24, 2.45) is 0 Å². The molecule has 2 heterocycles. The van der Waals surface area contributed by atoms with Gasteiger partial charge in [0.2, 0.25) is 0 Å². The summed E-state index contributed by atoms with van der Waals surface area (Å²) in [6, 6.07) is 3.38. The summed E-state index contributed by atoms with van der Waals surface area (Å²) < 4.78 is 5.38. The Balaban J connectivity index is 1.66. The van der Waals surface area contributed by atoms with Crippen LogP contribution in [-0.4, -0.2) is 71.7 Å². The predicted molar refractivity (Wildman–Crippen MR) is 90.8 cm³/mol. The van der Waals surface area contributed by atoms with Crippen LogP contribution in [0.4, 0.5) is 4.79 Å². The summed E-state index contributed by atoms with van der Waals surface area (Å²) in [5.41, 5.74) is 0.144. The van der Waals surface area contributed by atoms with Crippen molar-refractivity contribution in [1.82, 2.24) is 20.1 Å². The lowest BCUT2D eigenvalue weighted by atomic mass is 10.2. The van der Waals surface area contributed by atoms with Crippen LogP contribution < -0.4 is 5.32 Å². The fraction of sp³-hybridized carbons (Fsp3) is 0.588. The molecule has 1 aliphatic heterocycles. The number of pyridine rings is 1. The normalized spacial score (nSPS) is 15.9. The van der Waals surface area contributed by atoms with Gasteiger partial charge in [-0.25, -0.2) is 4.79 Å². The van der Waals surface area contributed by atoms with Gasteiger partial charge in [0, 0.05) is 57.2 Å². The van der Waals surface area contributed by atoms with Crippen LogP contribution in [0.25, 0.3) is 0 Å². The number of rotatable bonds is 4. The summed E-state index contributed by atoms with van der Waals surface area (Å²) in [6.07, 6.45) is 2.95. The van der Waals surface area contributed by atoms with Gasteiger partial charge in [0.05, 0.1) is 0 Å². The maximum absolute atomic E-state index is 12.0. The van der Waals surface area contributed by atoms with E-state index in [9.17, 15) is 9.59 Å². The zero-order valence-corrected chi connectivity index (χ0v) is 14.6. The van der Waals surface area contributed by atoms with E-state index in [2.05, 4.69) is 15.2 Å². The first-order valence-corrected chi connectivity index (χ1v) is 8.24. The Morgan fingerprint density at radius 2 is 1.79 bits per heavy atom. The van der Waals surface area contributed by atoms with E-state index in [-0.39, 0.29) is 12.0 Å². The lowest BCUT2D eigenvalue weighted by molar-refractivity contribution is 0.0147. The molecular weight excluding hydrogens is 308 g/mol. The molecule has 1 saturated heterocycles. The van der Waals surface area contributed by atoms with Gasteiger partial charge in [-0.05, 0) is 32.9 Å². The van der Waals surface area contributed by atoms with E-state index in [1.54, 1.807) is 29.4 Å². The van der Waals surface area contributed by atoms with E-state index in [1.807, 2.05) is 20.8 Å². The number of nitrogens with one attached hydrogen (secondary N) is 1. The van der Waals surface area contributed by atoms with Gasteiger partial charge in [-0.1, -0.05) is 0 Å². The van der Waals surface area contributed by atoms with Crippen molar-refractivity contribution in [2.75, 3.05) is 39.3 Å². The van der Waals surface area contributed by atoms with Crippen LogP contribution in [0.2, 0.25) is 0 Å². The van der Waals surface area contributed by atoms with Gasteiger partial charge in [-0.3, -0.25) is 14.7 Å². The number of aromatic nitrogens is 1. The summed E-state index contributed by atoms with van der Waals surface area (Å²) in [4.78, 5) is 31.8. The Morgan fingerprint density at radius 1 is 1.17 bits per heavy atom. The largest absolute Gasteiger partial charge is 0.444 e. The highest BCUT2D eigenvalue weighted by Crippen LogP contribution is 2.11. The molecule has 1 aromatic heterocycles. The van der Waals surface area contributed by atoms with Gasteiger partial charge in [0.1, 0.15) is 5.60 Å². The Kier molecular flexibility index (Phi) is 6.14. The average molecular weight is 334 g/mol. The molecule has 1 aliphatic rings. The lowest BCUT2D eigenvalue weighted by Gasteiger charge is -2.35. The molecule has 0 unspecified atom stereocenters. The second kappa shape index (κ2) is 8.10. The van der Waals surface area contributed by atoms with Crippen LogP contribution in [0.3, 0.4) is 0 Å². The van der Waals surface area contributed by atoms with E-state index in [0.717, 1.165) is 19.6 Å². The Labute approximate surface area is 143 Å². The minimum atomic E-state index is -0.467. The number of amides is 2. The molecule has 0 radical (unpaired) electrons. The Morgan fingerprint density at radius 3 is 2.38 bits per heavy atom. The van der Waals surface area contributed by atoms with Crippen molar-refractivity contribution >= 4 is 12.0 Å². The van der Waals surface area contributed by atoms with Crippen LogP contribution in [0.5, 0.6) is 0 Å². The molecule has 0 aromatic carbocycles. The van der Waals surface area contributed by atoms with E-state index in [0.29, 0.717) is 25.2 Å². The predicted octanol–water partition coefficient (Wildman–Crippen LogP) is 1.36. The molecule has 1 aromatic rings. The van der Waals surface area contributed by atoms with Gasteiger partial charge >= 0.3 is 6.09 Å². The standard InChI is InChI=1S/C17H26N4O3/c1-17(2,3)24-16(23)21-12-10-20(11-13-21)9-8-19-15(22)14-4-6-18-7-5-14/h4-7H,8-13H2,1-3H3,(H,19,22). The molecule has 24 heavy (non-hydrogen) atoms. The van der Waals surface area contributed by atoms with E-state index in [4.69, 9.17) is 4.74 Å². The summed E-state index contributed by atoms with van der Waals surface area (Å²) in [5, 5.41) is 2.90. The maximum atomic E-state index is 12.0. The molecule has 0 saturated carbocycles. The van der Waals surface area contributed by atoms with Gasteiger partial charge in [0.25, 0.3) is 5.91 Å². The highest BCUT2D eigenvalue weighted by molar-refractivity contribution is 5.93. The highest BCUT2D eigenvalue weighted by Gasteiger charge is 2.25. The maximum Gasteiger partial charge on any atom is 0.410 e. The second-order valence-corrected chi connectivity index (χ2v) is 6.80. The van der Waals surface area contributed by atoms with Crippen LogP contribution in [0.1, 0.15) is 31.1 Å². The van der Waals surface area contributed by atoms with Crippen LogP contribution in [0, 0.1) is 0 Å². The number of carbonyl (C=O) groups is 2. The van der Waals surface area contributed by atoms with Crippen molar-refractivity contribution in [3.63, 3.8) is 0 Å². The molecular formula is C17H26N4O3. The minimum absolute atomic E-state index is 0.0928. The molecule has 2 amide bonds. The molecule has 0 aliphatic carbocycles. The molecule has 0 spiro atoms. The minimum Gasteiger partial charge on any atom is -0.444 e. The smallest absolute Gasteiger partial charge is 0.410 e. The number of hydrogen-bond acceptors (Lipinski definition) is 5. The number of ether oxygens (including phenoxy) is 1. The van der Waals surface area contributed by atoms with Gasteiger partial charge < -0.3 is 15.0 Å². The van der Waals surface area contributed by atoms with Crippen molar-refractivity contribution in [3.05, 3.63) is 30.1 Å². The van der Waals surface area contributed by atoms with E-state index >= 15 is 0 Å². The summed E-state index contributed by atoms with van der Waals surface area (Å²) in [6.45, 7) is 9.80. The number of nitrogens with zero attached hydrogens (tertiary/aromatic N) is 3. The summed E-state index contributed by atoms with van der Waals surface area (Å²) >= 11 is 0. The molecule has 1 fully saturated rings. The monoisotopic (exact) mass is 334 g/mol. The van der Waals surface area contributed by atoms with Crippen molar-refractivity contribution in [3.8, 4) is 0 Å². The fourth-order valence-corrected chi connectivity index (χ4v) is 2.41. The topological polar surface area (TPSA) is 74.8 Å². The molecule has 7 nitrogen and oxygen atoms in total. The van der Waals surface area contributed by atoms with Crippen molar-refractivity contribution in [2.45, 2.75) is 26.4 Å². The van der Waals surface area contributed by atoms with Crippen molar-refractivity contribution < 1.29 is 14.3 Å². The quantitative estimate of drug-likeness (QED) is 0.900. The third-order valence-electron chi connectivity index (χ3n) is 3.68. The Hall–Kier alpha value is -2.15. The van der Waals surface area contributed by atoms with Crippen LogP contribution >= 0.6 is 0 Å². The van der Waals surface area contributed by atoms with Crippen molar-refractivity contribution in [1.29, 1.82) is 0 Å². The molecule has 0 atom stereocenters. The number of hydrogen-bond donors (Lipinski definition) is 1.